The van der Waals surface area contributed by atoms with E-state index in [0.717, 1.165) is 11.1 Å². The van der Waals surface area contributed by atoms with Gasteiger partial charge in [-0.05, 0) is 57.2 Å². The number of fused-ring (bicyclic) bond motifs is 1. The first-order valence-corrected chi connectivity index (χ1v) is 16.5. The number of nitrogens with one attached hydrogen (secondary N) is 1. The highest BCUT2D eigenvalue weighted by molar-refractivity contribution is 7.92. The lowest BCUT2D eigenvalue weighted by atomic mass is 9.99. The first kappa shape index (κ1) is 31.5. The highest BCUT2D eigenvalue weighted by atomic mass is 32.2. The molecule has 3 aromatic carbocycles. The van der Waals surface area contributed by atoms with Crippen LogP contribution in [0.25, 0.3) is 0 Å². The number of hydrogen-bond donors (Lipinski definition) is 2. The van der Waals surface area contributed by atoms with Crippen molar-refractivity contribution in [2.24, 2.45) is 5.92 Å². The molecule has 0 aromatic heterocycles. The molecule has 226 valence electrons. The van der Waals surface area contributed by atoms with Gasteiger partial charge in [0.25, 0.3) is 15.9 Å². The fraction of sp³-hybridized carbons (Fsp3) is 0.367. The monoisotopic (exact) mass is 615 g/mol. The molecule has 42 heavy (non-hydrogen) atoms. The summed E-state index contributed by atoms with van der Waals surface area (Å²) >= 11 is 0. The van der Waals surface area contributed by atoms with E-state index in [0.29, 0.717) is 0 Å². The Morgan fingerprint density at radius 3 is 2.12 bits per heavy atom. The van der Waals surface area contributed by atoms with Gasteiger partial charge < -0.3 is 14.7 Å². The topological polar surface area (TPSA) is 133 Å². The lowest BCUT2D eigenvalue weighted by Gasteiger charge is -2.38. The van der Waals surface area contributed by atoms with Gasteiger partial charge >= 0.3 is 0 Å². The molecule has 4 rings (SSSR count). The first-order chi connectivity index (χ1) is 19.7. The Bertz CT molecular complexity index is 1640. The lowest BCUT2D eigenvalue weighted by molar-refractivity contribution is 0.0389. The van der Waals surface area contributed by atoms with Crippen molar-refractivity contribution in [3.63, 3.8) is 0 Å². The van der Waals surface area contributed by atoms with Crippen LogP contribution in [0.3, 0.4) is 0 Å². The summed E-state index contributed by atoms with van der Waals surface area (Å²) < 4.78 is 63.6. The van der Waals surface area contributed by atoms with Gasteiger partial charge in [-0.3, -0.25) is 9.52 Å². The first-order valence-electron chi connectivity index (χ1n) is 13.6. The molecule has 0 saturated heterocycles. The van der Waals surface area contributed by atoms with Gasteiger partial charge in [0.05, 0.1) is 40.2 Å². The molecule has 0 unspecified atom stereocenters. The molecular weight excluding hydrogens is 578 g/mol. The van der Waals surface area contributed by atoms with Gasteiger partial charge in [0.15, 0.2) is 5.75 Å². The Morgan fingerprint density at radius 2 is 1.55 bits per heavy atom. The molecule has 3 atom stereocenters. The average Bonchev–Trinajstić information content (AvgIpc) is 2.95. The summed E-state index contributed by atoms with van der Waals surface area (Å²) in [6.45, 7) is 7.06. The summed E-state index contributed by atoms with van der Waals surface area (Å²) in [6, 6.07) is 16.9. The molecule has 2 N–H and O–H groups in total. The van der Waals surface area contributed by atoms with Crippen LogP contribution in [-0.4, -0.2) is 75.9 Å². The normalized spacial score (nSPS) is 18.5. The van der Waals surface area contributed by atoms with Crippen molar-refractivity contribution in [3.8, 4) is 5.75 Å². The van der Waals surface area contributed by atoms with E-state index >= 15 is 0 Å². The third-order valence-corrected chi connectivity index (χ3v) is 10.7. The average molecular weight is 616 g/mol. The summed E-state index contributed by atoms with van der Waals surface area (Å²) in [4.78, 5) is 15.4. The van der Waals surface area contributed by atoms with Gasteiger partial charge in [-0.15, -0.1) is 0 Å². The quantitative estimate of drug-likeness (QED) is 0.376. The highest BCUT2D eigenvalue weighted by Crippen LogP contribution is 2.36. The SMILES string of the molecule is Cc1ccc(S(=O)(=O)Nc2cccc3c2O[C@@H](CN(C)S(=O)(=O)c2ccc(C)cc2)[C@@H](C)CN([C@H](C)CO)C3=O)cc1. The fourth-order valence-electron chi connectivity index (χ4n) is 4.70. The minimum atomic E-state index is -4.05. The number of nitrogens with zero attached hydrogens (tertiary/aromatic N) is 2. The minimum absolute atomic E-state index is 0.00832. The fourth-order valence-corrected chi connectivity index (χ4v) is 6.95. The zero-order chi connectivity index (χ0) is 30.8. The molecule has 1 heterocycles. The number of aliphatic hydroxyl groups excluding tert-OH is 1. The summed E-state index contributed by atoms with van der Waals surface area (Å²) in [6.07, 6.45) is -0.777. The van der Waals surface area contributed by atoms with Crippen molar-refractivity contribution in [3.05, 3.63) is 83.4 Å². The van der Waals surface area contributed by atoms with Gasteiger partial charge in [0.2, 0.25) is 10.0 Å². The molecule has 0 bridgehead atoms. The Balaban J connectivity index is 1.76. The maximum absolute atomic E-state index is 13.7. The molecule has 1 aliphatic rings. The summed E-state index contributed by atoms with van der Waals surface area (Å²) in [5, 5.41) is 9.91. The van der Waals surface area contributed by atoms with E-state index in [-0.39, 0.29) is 46.5 Å². The number of benzene rings is 3. The number of anilines is 1. The van der Waals surface area contributed by atoms with Crippen molar-refractivity contribution in [1.29, 1.82) is 0 Å². The summed E-state index contributed by atoms with van der Waals surface area (Å²) in [7, 11) is -6.48. The number of amides is 1. The van der Waals surface area contributed by atoms with E-state index in [1.807, 2.05) is 20.8 Å². The molecule has 0 aliphatic carbocycles. The number of hydrogen-bond acceptors (Lipinski definition) is 7. The second-order valence-corrected chi connectivity index (χ2v) is 14.5. The number of aliphatic hydroxyl groups is 1. The second kappa shape index (κ2) is 12.4. The van der Waals surface area contributed by atoms with Crippen LogP contribution in [0.4, 0.5) is 5.69 Å². The van der Waals surface area contributed by atoms with Crippen LogP contribution in [0.5, 0.6) is 5.75 Å². The molecule has 10 nitrogen and oxygen atoms in total. The predicted molar refractivity (Wildman–Crippen MR) is 161 cm³/mol. The van der Waals surface area contributed by atoms with E-state index in [9.17, 15) is 26.7 Å². The van der Waals surface area contributed by atoms with Crippen LogP contribution in [0.2, 0.25) is 0 Å². The molecule has 12 heteroatoms. The highest BCUT2D eigenvalue weighted by Gasteiger charge is 2.36. The molecular formula is C30H37N3O7S2. The van der Waals surface area contributed by atoms with Crippen LogP contribution in [0.15, 0.2) is 76.5 Å². The van der Waals surface area contributed by atoms with Crippen LogP contribution in [0.1, 0.15) is 35.3 Å². The number of rotatable bonds is 9. The Morgan fingerprint density at radius 1 is 0.976 bits per heavy atom. The molecule has 0 fully saturated rings. The number of carbonyl (C=O) groups excluding carboxylic acids is 1. The van der Waals surface area contributed by atoms with Crippen molar-refractivity contribution in [1.82, 2.24) is 9.21 Å². The molecule has 0 spiro atoms. The van der Waals surface area contributed by atoms with E-state index in [1.165, 1.54) is 40.5 Å². The standard InChI is InChI=1S/C30H37N3O7S2/c1-20-9-13-24(14-10-20)41(36,37)31-27-8-6-7-26-29(27)40-28(22(3)17-33(30(26)35)23(4)19-34)18-32(5)42(38,39)25-15-11-21(2)12-16-25/h6-16,22-23,28,31,34H,17-19H2,1-5H3/t22-,23+,28-/m0/s1. The van der Waals surface area contributed by atoms with Crippen molar-refractivity contribution in [2.45, 2.75) is 49.6 Å². The van der Waals surface area contributed by atoms with E-state index < -0.39 is 44.0 Å². The van der Waals surface area contributed by atoms with E-state index in [1.54, 1.807) is 49.4 Å². The number of aryl methyl sites for hydroxylation is 2. The lowest BCUT2D eigenvalue weighted by Crippen LogP contribution is -2.50. The predicted octanol–water partition coefficient (Wildman–Crippen LogP) is 3.65. The molecule has 1 amide bonds. The van der Waals surface area contributed by atoms with E-state index in [4.69, 9.17) is 4.74 Å². The number of carbonyl (C=O) groups is 1. The van der Waals surface area contributed by atoms with Gasteiger partial charge in [-0.1, -0.05) is 48.4 Å². The zero-order valence-electron chi connectivity index (χ0n) is 24.3. The van der Waals surface area contributed by atoms with Crippen LogP contribution >= 0.6 is 0 Å². The van der Waals surface area contributed by atoms with Crippen molar-refractivity contribution < 1.29 is 31.5 Å². The van der Waals surface area contributed by atoms with Crippen LogP contribution in [0, 0.1) is 19.8 Å². The van der Waals surface area contributed by atoms with Crippen molar-refractivity contribution in [2.75, 3.05) is 31.5 Å². The smallest absolute Gasteiger partial charge is 0.262 e. The zero-order valence-corrected chi connectivity index (χ0v) is 25.9. The van der Waals surface area contributed by atoms with Gasteiger partial charge in [-0.2, -0.15) is 4.31 Å². The Labute approximate surface area is 248 Å². The minimum Gasteiger partial charge on any atom is -0.486 e. The largest absolute Gasteiger partial charge is 0.486 e. The second-order valence-electron chi connectivity index (χ2n) is 10.8. The molecule has 3 aromatic rings. The molecule has 0 saturated carbocycles. The van der Waals surface area contributed by atoms with Crippen molar-refractivity contribution >= 4 is 31.6 Å². The summed E-state index contributed by atoms with van der Waals surface area (Å²) in [5.41, 5.74) is 1.96. The number of ether oxygens (including phenoxy) is 1. The summed E-state index contributed by atoms with van der Waals surface area (Å²) in [5.74, 6) is -0.839. The van der Waals surface area contributed by atoms with Gasteiger partial charge in [-0.25, -0.2) is 16.8 Å². The maximum Gasteiger partial charge on any atom is 0.262 e. The molecule has 0 radical (unpaired) electrons. The number of para-hydroxylation sites is 1. The maximum atomic E-state index is 13.7. The van der Waals surface area contributed by atoms with Gasteiger partial charge in [0, 0.05) is 19.5 Å². The Hall–Kier alpha value is -3.45. The number of sulfonamides is 2. The van der Waals surface area contributed by atoms with Crippen LogP contribution in [-0.2, 0) is 20.0 Å². The van der Waals surface area contributed by atoms with E-state index in [2.05, 4.69) is 4.72 Å². The third kappa shape index (κ3) is 6.62. The van der Waals surface area contributed by atoms with Crippen LogP contribution < -0.4 is 9.46 Å². The van der Waals surface area contributed by atoms with Gasteiger partial charge in [0.1, 0.15) is 6.10 Å². The third-order valence-electron chi connectivity index (χ3n) is 7.43. The Kier molecular flexibility index (Phi) is 9.31. The molecule has 1 aliphatic heterocycles. The number of likely N-dealkylation sites (N-methyl/N-ethyl adjacent to an activating group) is 1.